The van der Waals surface area contributed by atoms with E-state index in [1.807, 2.05) is 49.4 Å². The molecule has 3 rings (SSSR count). The molecule has 3 aromatic rings. The molecule has 0 spiro atoms. The van der Waals surface area contributed by atoms with Crippen LogP contribution < -0.4 is 14.8 Å². The number of methoxy groups -OCH3 is 2. The summed E-state index contributed by atoms with van der Waals surface area (Å²) >= 11 is 0. The second kappa shape index (κ2) is 10.3. The van der Waals surface area contributed by atoms with Crippen LogP contribution in [0.3, 0.4) is 0 Å². The lowest BCUT2D eigenvalue weighted by molar-refractivity contribution is -0.384. The largest absolute Gasteiger partial charge is 0.493 e. The van der Waals surface area contributed by atoms with Gasteiger partial charge in [0.15, 0.2) is 11.5 Å². The van der Waals surface area contributed by atoms with Crippen LogP contribution in [0.4, 0.5) is 5.69 Å². The summed E-state index contributed by atoms with van der Waals surface area (Å²) in [7, 11) is 3.12. The first-order chi connectivity index (χ1) is 15.4. The summed E-state index contributed by atoms with van der Waals surface area (Å²) in [5.41, 5.74) is 2.48. The lowest BCUT2D eigenvalue weighted by atomic mass is 10.0. The molecule has 0 radical (unpaired) electrons. The van der Waals surface area contributed by atoms with Crippen molar-refractivity contribution in [3.63, 3.8) is 0 Å². The Hall–Kier alpha value is -4.13. The molecule has 7 heteroatoms. The Morgan fingerprint density at radius 2 is 1.69 bits per heavy atom. The van der Waals surface area contributed by atoms with Crippen LogP contribution in [0.15, 0.2) is 72.8 Å². The highest BCUT2D eigenvalue weighted by molar-refractivity contribution is 6.24. The van der Waals surface area contributed by atoms with Gasteiger partial charge in [-0.25, -0.2) is 0 Å². The summed E-state index contributed by atoms with van der Waals surface area (Å²) in [5.74, 6) is 0.872. The maximum Gasteiger partial charge on any atom is 0.270 e. The Kier molecular flexibility index (Phi) is 7.23. The smallest absolute Gasteiger partial charge is 0.270 e. The Morgan fingerprint density at radius 1 is 0.969 bits per heavy atom. The number of carbonyl (C=O) groups is 1. The van der Waals surface area contributed by atoms with Gasteiger partial charge < -0.3 is 14.8 Å². The second-order valence-electron chi connectivity index (χ2n) is 7.09. The van der Waals surface area contributed by atoms with Crippen LogP contribution >= 0.6 is 0 Å². The van der Waals surface area contributed by atoms with Gasteiger partial charge in [-0.3, -0.25) is 14.9 Å². The minimum Gasteiger partial charge on any atom is -0.493 e. The van der Waals surface area contributed by atoms with Crippen LogP contribution in [0.2, 0.25) is 0 Å². The number of ether oxygens (including phenoxy) is 2. The molecule has 0 bridgehead atoms. The van der Waals surface area contributed by atoms with Gasteiger partial charge in [-0.2, -0.15) is 0 Å². The van der Waals surface area contributed by atoms with Gasteiger partial charge in [0.1, 0.15) is 0 Å². The van der Waals surface area contributed by atoms with E-state index in [0.29, 0.717) is 28.2 Å². The topological polar surface area (TPSA) is 90.7 Å². The van der Waals surface area contributed by atoms with E-state index in [2.05, 4.69) is 5.32 Å². The predicted octanol–water partition coefficient (Wildman–Crippen LogP) is 5.03. The van der Waals surface area contributed by atoms with Crippen molar-refractivity contribution in [2.75, 3.05) is 14.2 Å². The third-order valence-corrected chi connectivity index (χ3v) is 4.98. The second-order valence-corrected chi connectivity index (χ2v) is 7.09. The van der Waals surface area contributed by atoms with Crippen molar-refractivity contribution in [1.82, 2.24) is 5.32 Å². The quantitative estimate of drug-likeness (QED) is 0.233. The normalized spacial score (nSPS) is 12.0. The summed E-state index contributed by atoms with van der Waals surface area (Å²) in [4.78, 5) is 23.9. The summed E-state index contributed by atoms with van der Waals surface area (Å²) in [6.07, 6.45) is 1.65. The zero-order valence-electron chi connectivity index (χ0n) is 18.1. The number of rotatable bonds is 8. The summed E-state index contributed by atoms with van der Waals surface area (Å²) in [5, 5.41) is 14.1. The van der Waals surface area contributed by atoms with Gasteiger partial charge in [-0.05, 0) is 41.8 Å². The fraction of sp³-hybridized carbons (Fsp3) is 0.160. The average Bonchev–Trinajstić information content (AvgIpc) is 2.82. The number of non-ortho nitro benzene ring substituents is 1. The van der Waals surface area contributed by atoms with Crippen LogP contribution in [0.1, 0.15) is 29.7 Å². The molecule has 0 aliphatic carbocycles. The first-order valence-corrected chi connectivity index (χ1v) is 9.97. The van der Waals surface area contributed by atoms with Crippen LogP contribution in [0.5, 0.6) is 11.5 Å². The molecule has 0 aliphatic heterocycles. The number of nitro groups is 1. The Balaban J connectivity index is 1.93. The fourth-order valence-corrected chi connectivity index (χ4v) is 3.27. The monoisotopic (exact) mass is 432 g/mol. The maximum absolute atomic E-state index is 13.3. The molecule has 1 amide bonds. The van der Waals surface area contributed by atoms with Crippen molar-refractivity contribution < 1.29 is 19.2 Å². The Labute approximate surface area is 186 Å². The van der Waals surface area contributed by atoms with Gasteiger partial charge in [0.25, 0.3) is 11.6 Å². The first-order valence-electron chi connectivity index (χ1n) is 9.97. The number of nitro benzene ring substituents is 1. The summed E-state index contributed by atoms with van der Waals surface area (Å²) in [6.45, 7) is 1.87. The molecule has 0 aromatic heterocycles. The van der Waals surface area contributed by atoms with E-state index in [9.17, 15) is 14.9 Å². The van der Waals surface area contributed by atoms with Gasteiger partial charge >= 0.3 is 0 Å². The highest BCUT2D eigenvalue weighted by atomic mass is 16.6. The van der Waals surface area contributed by atoms with Crippen LogP contribution in [-0.2, 0) is 4.79 Å². The van der Waals surface area contributed by atoms with Gasteiger partial charge in [-0.15, -0.1) is 0 Å². The molecule has 1 atom stereocenters. The minimum absolute atomic E-state index is 0.0368. The number of nitrogens with one attached hydrogen (secondary N) is 1. The number of hydrogen-bond donors (Lipinski definition) is 1. The highest BCUT2D eigenvalue weighted by Gasteiger charge is 2.17. The molecule has 1 N–H and O–H groups in total. The number of nitrogens with zero attached hydrogens (tertiary/aromatic N) is 1. The molecule has 7 nitrogen and oxygen atoms in total. The maximum atomic E-state index is 13.3. The molecule has 0 fully saturated rings. The molecule has 164 valence electrons. The van der Waals surface area contributed by atoms with Crippen molar-refractivity contribution in [1.29, 1.82) is 0 Å². The van der Waals surface area contributed by atoms with Gasteiger partial charge in [0.05, 0.1) is 25.2 Å². The minimum atomic E-state index is -0.460. The highest BCUT2D eigenvalue weighted by Crippen LogP contribution is 2.30. The van der Waals surface area contributed by atoms with E-state index in [4.69, 9.17) is 9.47 Å². The Bertz CT molecular complexity index is 1140. The fourth-order valence-electron chi connectivity index (χ4n) is 3.27. The van der Waals surface area contributed by atoms with Crippen molar-refractivity contribution in [2.24, 2.45) is 0 Å². The number of hydrogen-bond acceptors (Lipinski definition) is 5. The standard InChI is InChI=1S/C25H24N2O5/c1-17(20-12-13-23(31-2)24(16-20)32-3)26-25(28)22(19-9-5-4-6-10-19)15-18-8-7-11-21(14-18)27(29)30/h4-17H,1-3H3,(H,26,28)/b22-15+/t17-/m1/s1. The van der Waals surface area contributed by atoms with Gasteiger partial charge in [0, 0.05) is 17.7 Å². The molecule has 0 aliphatic rings. The Morgan fingerprint density at radius 3 is 2.34 bits per heavy atom. The lowest BCUT2D eigenvalue weighted by Gasteiger charge is -2.18. The van der Waals surface area contributed by atoms with E-state index in [1.165, 1.54) is 12.1 Å². The van der Waals surface area contributed by atoms with E-state index in [1.54, 1.807) is 38.5 Å². The molecule has 32 heavy (non-hydrogen) atoms. The molecule has 0 unspecified atom stereocenters. The molecule has 3 aromatic carbocycles. The summed E-state index contributed by atoms with van der Waals surface area (Å²) in [6, 6.07) is 20.5. The van der Waals surface area contributed by atoms with Crippen LogP contribution in [0, 0.1) is 10.1 Å². The SMILES string of the molecule is COc1ccc([C@@H](C)NC(=O)/C(=C/c2cccc([N+](=O)[O-])c2)c2ccccc2)cc1OC. The molecule has 0 heterocycles. The average molecular weight is 432 g/mol. The number of carbonyl (C=O) groups excluding carboxylic acids is 1. The molecular weight excluding hydrogens is 408 g/mol. The van der Waals surface area contributed by atoms with Crippen LogP contribution in [-0.4, -0.2) is 25.1 Å². The van der Waals surface area contributed by atoms with Crippen molar-refractivity contribution in [3.05, 3.63) is 99.6 Å². The number of benzene rings is 3. The van der Waals surface area contributed by atoms with Gasteiger partial charge in [-0.1, -0.05) is 48.5 Å². The van der Waals surface area contributed by atoms with E-state index < -0.39 is 4.92 Å². The lowest BCUT2D eigenvalue weighted by Crippen LogP contribution is -2.27. The molecular formula is C25H24N2O5. The van der Waals surface area contributed by atoms with E-state index in [-0.39, 0.29) is 17.6 Å². The molecule has 0 saturated heterocycles. The zero-order chi connectivity index (χ0) is 23.1. The number of amides is 1. The third kappa shape index (κ3) is 5.31. The van der Waals surface area contributed by atoms with Crippen molar-refractivity contribution in [3.8, 4) is 11.5 Å². The van der Waals surface area contributed by atoms with E-state index >= 15 is 0 Å². The first kappa shape index (κ1) is 22.6. The van der Waals surface area contributed by atoms with E-state index in [0.717, 1.165) is 5.56 Å². The third-order valence-electron chi connectivity index (χ3n) is 4.98. The molecule has 0 saturated carbocycles. The summed E-state index contributed by atoms with van der Waals surface area (Å²) < 4.78 is 10.6. The zero-order valence-corrected chi connectivity index (χ0v) is 18.1. The predicted molar refractivity (Wildman–Crippen MR) is 124 cm³/mol. The van der Waals surface area contributed by atoms with Gasteiger partial charge in [0.2, 0.25) is 0 Å². The van der Waals surface area contributed by atoms with Crippen LogP contribution in [0.25, 0.3) is 11.6 Å². The van der Waals surface area contributed by atoms with Crippen molar-refractivity contribution in [2.45, 2.75) is 13.0 Å². The van der Waals surface area contributed by atoms with Crippen molar-refractivity contribution >= 4 is 23.2 Å².